The molecular formula is C15H21BrO2. The van der Waals surface area contributed by atoms with Crippen LogP contribution in [0.2, 0.25) is 0 Å². The predicted molar refractivity (Wildman–Crippen MR) is 77.6 cm³/mol. The summed E-state index contributed by atoms with van der Waals surface area (Å²) in [7, 11) is 0. The lowest BCUT2D eigenvalue weighted by atomic mass is 10.1. The van der Waals surface area contributed by atoms with E-state index in [4.69, 9.17) is 9.47 Å². The zero-order chi connectivity index (χ0) is 13.1. The second-order valence-electron chi connectivity index (χ2n) is 5.15. The van der Waals surface area contributed by atoms with Gasteiger partial charge in [-0.05, 0) is 50.3 Å². The molecule has 18 heavy (non-hydrogen) atoms. The number of aryl methyl sites for hydroxylation is 2. The molecule has 100 valence electrons. The van der Waals surface area contributed by atoms with Crippen LogP contribution < -0.4 is 4.74 Å². The summed E-state index contributed by atoms with van der Waals surface area (Å²) in [6.07, 6.45) is 2.90. The molecule has 0 spiro atoms. The van der Waals surface area contributed by atoms with Gasteiger partial charge in [0.05, 0.1) is 12.2 Å². The van der Waals surface area contributed by atoms with E-state index in [0.29, 0.717) is 12.7 Å². The Labute approximate surface area is 118 Å². The van der Waals surface area contributed by atoms with Crippen molar-refractivity contribution in [1.82, 2.24) is 0 Å². The van der Waals surface area contributed by atoms with E-state index in [1.165, 1.54) is 16.7 Å². The number of alkyl halides is 1. The summed E-state index contributed by atoms with van der Waals surface area (Å²) in [5.41, 5.74) is 3.70. The van der Waals surface area contributed by atoms with E-state index in [0.717, 1.165) is 23.9 Å². The number of hydrogen-bond acceptors (Lipinski definition) is 2. The van der Waals surface area contributed by atoms with Crippen LogP contribution in [0.15, 0.2) is 12.1 Å². The van der Waals surface area contributed by atoms with Gasteiger partial charge in [-0.25, -0.2) is 0 Å². The molecule has 0 aromatic heterocycles. The van der Waals surface area contributed by atoms with Gasteiger partial charge in [0.1, 0.15) is 12.4 Å². The van der Waals surface area contributed by atoms with Crippen LogP contribution in [0.1, 0.15) is 36.5 Å². The molecule has 0 radical (unpaired) electrons. The molecular weight excluding hydrogens is 292 g/mol. The van der Waals surface area contributed by atoms with Crippen molar-refractivity contribution < 1.29 is 9.47 Å². The number of hydrogen-bond donors (Lipinski definition) is 0. The average Bonchev–Trinajstić information content (AvgIpc) is 2.73. The zero-order valence-electron chi connectivity index (χ0n) is 11.3. The number of benzene rings is 1. The van der Waals surface area contributed by atoms with Crippen LogP contribution in [0.25, 0.3) is 0 Å². The number of halogens is 1. The molecule has 1 aliphatic rings. The lowest BCUT2D eigenvalue weighted by Crippen LogP contribution is -2.18. The maximum absolute atomic E-state index is 5.96. The monoisotopic (exact) mass is 312 g/mol. The maximum atomic E-state index is 5.96. The minimum absolute atomic E-state index is 0.259. The lowest BCUT2D eigenvalue weighted by molar-refractivity contribution is 0.0262. The Balaban J connectivity index is 2.01. The topological polar surface area (TPSA) is 18.5 Å². The van der Waals surface area contributed by atoms with Gasteiger partial charge in [0.2, 0.25) is 0 Å². The van der Waals surface area contributed by atoms with Gasteiger partial charge in [0.25, 0.3) is 0 Å². The first-order valence-corrected chi connectivity index (χ1v) is 7.66. The summed E-state index contributed by atoms with van der Waals surface area (Å²) < 4.78 is 11.7. The highest BCUT2D eigenvalue weighted by Gasteiger charge is 2.22. The third-order valence-corrected chi connectivity index (χ3v) is 4.06. The molecule has 0 amide bonds. The second kappa shape index (κ2) is 6.07. The van der Waals surface area contributed by atoms with Gasteiger partial charge in [-0.3, -0.25) is 0 Å². The fourth-order valence-corrected chi connectivity index (χ4v) is 2.85. The molecule has 2 nitrogen and oxygen atoms in total. The highest BCUT2D eigenvalue weighted by Crippen LogP contribution is 2.27. The van der Waals surface area contributed by atoms with Gasteiger partial charge in [-0.2, -0.15) is 0 Å². The smallest absolute Gasteiger partial charge is 0.125 e. The van der Waals surface area contributed by atoms with Crippen molar-refractivity contribution in [2.24, 2.45) is 0 Å². The van der Waals surface area contributed by atoms with Crippen LogP contribution >= 0.6 is 15.9 Å². The van der Waals surface area contributed by atoms with E-state index in [1.807, 2.05) is 0 Å². The highest BCUT2D eigenvalue weighted by atomic mass is 79.9. The molecule has 1 aliphatic heterocycles. The van der Waals surface area contributed by atoms with Crippen LogP contribution in [-0.2, 0) is 10.1 Å². The van der Waals surface area contributed by atoms with E-state index in [9.17, 15) is 0 Å². The van der Waals surface area contributed by atoms with Crippen molar-refractivity contribution in [2.75, 3.05) is 6.61 Å². The van der Waals surface area contributed by atoms with Gasteiger partial charge in [-0.15, -0.1) is 0 Å². The standard InChI is InChI=1S/C15H21BrO2/c1-10-6-13(8-16)7-11(2)15(10)17-9-14-5-4-12(3)18-14/h6-7,12,14H,4-5,8-9H2,1-3H3. The summed E-state index contributed by atoms with van der Waals surface area (Å²) in [6, 6.07) is 4.35. The van der Waals surface area contributed by atoms with E-state index in [1.54, 1.807) is 0 Å². The normalized spacial score (nSPS) is 23.3. The molecule has 2 unspecified atom stereocenters. The molecule has 0 saturated carbocycles. The Bertz CT molecular complexity index is 394. The van der Waals surface area contributed by atoms with Crippen LogP contribution in [-0.4, -0.2) is 18.8 Å². The Morgan fingerprint density at radius 1 is 1.28 bits per heavy atom. The first-order chi connectivity index (χ1) is 8.60. The van der Waals surface area contributed by atoms with Gasteiger partial charge < -0.3 is 9.47 Å². The third kappa shape index (κ3) is 3.27. The maximum Gasteiger partial charge on any atom is 0.125 e. The average molecular weight is 313 g/mol. The minimum Gasteiger partial charge on any atom is -0.490 e. The van der Waals surface area contributed by atoms with Crippen LogP contribution in [0, 0.1) is 13.8 Å². The molecule has 1 aromatic rings. The molecule has 1 aromatic carbocycles. The quantitative estimate of drug-likeness (QED) is 0.778. The van der Waals surface area contributed by atoms with Gasteiger partial charge >= 0.3 is 0 Å². The van der Waals surface area contributed by atoms with E-state index >= 15 is 0 Å². The molecule has 1 saturated heterocycles. The molecule has 3 heteroatoms. The van der Waals surface area contributed by atoms with Crippen LogP contribution in [0.4, 0.5) is 0 Å². The van der Waals surface area contributed by atoms with E-state index in [2.05, 4.69) is 48.8 Å². The van der Waals surface area contributed by atoms with Crippen molar-refractivity contribution in [1.29, 1.82) is 0 Å². The van der Waals surface area contributed by atoms with Gasteiger partial charge in [-0.1, -0.05) is 28.1 Å². The summed E-state index contributed by atoms with van der Waals surface area (Å²) in [5, 5.41) is 0.887. The van der Waals surface area contributed by atoms with Crippen molar-refractivity contribution in [3.05, 3.63) is 28.8 Å². The Kier molecular flexibility index (Phi) is 4.68. The fraction of sp³-hybridized carbons (Fsp3) is 0.600. The number of ether oxygens (including phenoxy) is 2. The lowest BCUT2D eigenvalue weighted by Gasteiger charge is -2.16. The predicted octanol–water partition coefficient (Wildman–Crippen LogP) is 4.14. The second-order valence-corrected chi connectivity index (χ2v) is 5.71. The SMILES string of the molecule is Cc1cc(CBr)cc(C)c1OCC1CCC(C)O1. The zero-order valence-corrected chi connectivity index (χ0v) is 12.9. The Hall–Kier alpha value is -0.540. The molecule has 2 atom stereocenters. The molecule has 2 rings (SSSR count). The fourth-order valence-electron chi connectivity index (χ4n) is 2.53. The van der Waals surface area contributed by atoms with Gasteiger partial charge in [0, 0.05) is 5.33 Å². The van der Waals surface area contributed by atoms with Crippen molar-refractivity contribution in [2.45, 2.75) is 51.2 Å². The summed E-state index contributed by atoms with van der Waals surface area (Å²) >= 11 is 3.49. The first-order valence-electron chi connectivity index (χ1n) is 6.54. The summed E-state index contributed by atoms with van der Waals surface area (Å²) in [5.74, 6) is 1.02. The molecule has 0 aliphatic carbocycles. The number of rotatable bonds is 4. The van der Waals surface area contributed by atoms with Gasteiger partial charge in [0.15, 0.2) is 0 Å². The molecule has 1 fully saturated rings. The largest absolute Gasteiger partial charge is 0.490 e. The van der Waals surface area contributed by atoms with E-state index in [-0.39, 0.29) is 6.10 Å². The molecule has 0 bridgehead atoms. The first kappa shape index (κ1) is 13.9. The molecule has 1 heterocycles. The van der Waals surface area contributed by atoms with Crippen LogP contribution in [0.3, 0.4) is 0 Å². The Morgan fingerprint density at radius 2 is 1.94 bits per heavy atom. The minimum atomic E-state index is 0.259. The van der Waals surface area contributed by atoms with Crippen molar-refractivity contribution in [3.63, 3.8) is 0 Å². The third-order valence-electron chi connectivity index (χ3n) is 3.41. The summed E-state index contributed by atoms with van der Waals surface area (Å²) in [6.45, 7) is 7.00. The van der Waals surface area contributed by atoms with Crippen molar-refractivity contribution in [3.8, 4) is 5.75 Å². The molecule has 0 N–H and O–H groups in total. The highest BCUT2D eigenvalue weighted by molar-refractivity contribution is 9.08. The van der Waals surface area contributed by atoms with Crippen LogP contribution in [0.5, 0.6) is 5.75 Å². The van der Waals surface area contributed by atoms with E-state index < -0.39 is 0 Å². The Morgan fingerprint density at radius 3 is 2.44 bits per heavy atom. The summed E-state index contributed by atoms with van der Waals surface area (Å²) in [4.78, 5) is 0. The van der Waals surface area contributed by atoms with Crippen molar-refractivity contribution >= 4 is 15.9 Å².